The molecule has 21 heavy (non-hydrogen) atoms. The highest BCUT2D eigenvalue weighted by atomic mass is 15.1. The zero-order chi connectivity index (χ0) is 15.3. The van der Waals surface area contributed by atoms with Crippen molar-refractivity contribution in [1.29, 1.82) is 0 Å². The Bertz CT molecular complexity index is 425. The Morgan fingerprint density at radius 1 is 1.10 bits per heavy atom. The third kappa shape index (κ3) is 5.44. The molecule has 0 unspecified atom stereocenters. The van der Waals surface area contributed by atoms with Crippen molar-refractivity contribution in [2.75, 3.05) is 13.1 Å². The van der Waals surface area contributed by atoms with Crippen molar-refractivity contribution < 1.29 is 0 Å². The van der Waals surface area contributed by atoms with E-state index in [1.807, 2.05) is 0 Å². The van der Waals surface area contributed by atoms with Crippen molar-refractivity contribution in [3.8, 4) is 0 Å². The fraction of sp³-hybridized carbons (Fsp3) is 0.684. The molecule has 0 saturated carbocycles. The largest absolute Gasteiger partial charge is 0.308 e. The van der Waals surface area contributed by atoms with Crippen LogP contribution in [0, 0.1) is 5.92 Å². The van der Waals surface area contributed by atoms with Crippen molar-refractivity contribution in [3.63, 3.8) is 0 Å². The number of benzene rings is 1. The first kappa shape index (κ1) is 16.5. The molecule has 1 heterocycles. The molecule has 0 aliphatic carbocycles. The summed E-state index contributed by atoms with van der Waals surface area (Å²) in [6.45, 7) is 13.6. The van der Waals surface area contributed by atoms with Gasteiger partial charge in [-0.1, -0.05) is 37.6 Å². The lowest BCUT2D eigenvalue weighted by Crippen LogP contribution is -2.36. The van der Waals surface area contributed by atoms with Crippen LogP contribution in [0.25, 0.3) is 0 Å². The van der Waals surface area contributed by atoms with Crippen molar-refractivity contribution in [1.82, 2.24) is 10.2 Å². The van der Waals surface area contributed by atoms with Gasteiger partial charge in [0.1, 0.15) is 0 Å². The average Bonchev–Trinajstić information content (AvgIpc) is 2.46. The van der Waals surface area contributed by atoms with E-state index in [1.54, 1.807) is 0 Å². The van der Waals surface area contributed by atoms with E-state index in [0.29, 0.717) is 0 Å². The first-order chi connectivity index (χ1) is 9.98. The molecule has 1 N–H and O–H groups in total. The number of nitrogens with one attached hydrogen (secondary N) is 1. The lowest BCUT2D eigenvalue weighted by molar-refractivity contribution is 0.174. The number of piperidine rings is 1. The third-order valence-electron chi connectivity index (χ3n) is 4.61. The van der Waals surface area contributed by atoms with Crippen LogP contribution in [-0.4, -0.2) is 23.5 Å². The van der Waals surface area contributed by atoms with E-state index in [0.717, 1.165) is 19.0 Å². The summed E-state index contributed by atoms with van der Waals surface area (Å²) in [5.74, 6) is 0.957. The van der Waals surface area contributed by atoms with Crippen LogP contribution in [0.5, 0.6) is 0 Å². The number of hydrogen-bond donors (Lipinski definition) is 1. The Balaban J connectivity index is 1.94. The van der Waals surface area contributed by atoms with Crippen LogP contribution < -0.4 is 5.32 Å². The van der Waals surface area contributed by atoms with Gasteiger partial charge in [0.25, 0.3) is 0 Å². The first-order valence-electron chi connectivity index (χ1n) is 8.52. The van der Waals surface area contributed by atoms with Crippen LogP contribution in [0.4, 0.5) is 0 Å². The molecule has 0 amide bonds. The standard InChI is InChI=1S/C19H32N2/c1-5-16-10-12-21(13-11-16)15-18-9-7-6-8-17(18)14-20-19(2,3)4/h6-9,16,20H,5,10-15H2,1-4H3. The molecule has 1 aliphatic rings. The number of hydrogen-bond acceptors (Lipinski definition) is 2. The van der Waals surface area contributed by atoms with Crippen LogP contribution in [0.3, 0.4) is 0 Å². The average molecular weight is 288 g/mol. The minimum absolute atomic E-state index is 0.173. The topological polar surface area (TPSA) is 15.3 Å². The van der Waals surface area contributed by atoms with Gasteiger partial charge < -0.3 is 5.32 Å². The highest BCUT2D eigenvalue weighted by Crippen LogP contribution is 2.22. The fourth-order valence-electron chi connectivity index (χ4n) is 3.04. The van der Waals surface area contributed by atoms with Crippen LogP contribution in [0.15, 0.2) is 24.3 Å². The lowest BCUT2D eigenvalue weighted by atomic mass is 9.94. The Hall–Kier alpha value is -0.860. The van der Waals surface area contributed by atoms with Gasteiger partial charge in [-0.25, -0.2) is 0 Å². The molecular weight excluding hydrogens is 256 g/mol. The van der Waals surface area contributed by atoms with Gasteiger partial charge in [0.05, 0.1) is 0 Å². The van der Waals surface area contributed by atoms with E-state index in [4.69, 9.17) is 0 Å². The van der Waals surface area contributed by atoms with E-state index < -0.39 is 0 Å². The predicted octanol–water partition coefficient (Wildman–Crippen LogP) is 4.20. The molecule has 0 radical (unpaired) electrons. The van der Waals surface area contributed by atoms with E-state index >= 15 is 0 Å². The van der Waals surface area contributed by atoms with Gasteiger partial charge in [0.2, 0.25) is 0 Å². The van der Waals surface area contributed by atoms with Crippen molar-refractivity contribution in [2.24, 2.45) is 5.92 Å². The molecule has 2 heteroatoms. The summed E-state index contributed by atoms with van der Waals surface area (Å²) in [5.41, 5.74) is 3.11. The zero-order valence-electron chi connectivity index (χ0n) is 14.3. The second-order valence-corrected chi connectivity index (χ2v) is 7.50. The van der Waals surface area contributed by atoms with Gasteiger partial charge in [-0.15, -0.1) is 0 Å². The quantitative estimate of drug-likeness (QED) is 0.873. The van der Waals surface area contributed by atoms with Gasteiger partial charge in [-0.2, -0.15) is 0 Å². The van der Waals surface area contributed by atoms with Crippen LogP contribution in [0.2, 0.25) is 0 Å². The van der Waals surface area contributed by atoms with Crippen molar-refractivity contribution in [3.05, 3.63) is 35.4 Å². The minimum Gasteiger partial charge on any atom is -0.308 e. The van der Waals surface area contributed by atoms with Crippen LogP contribution in [-0.2, 0) is 13.1 Å². The van der Waals surface area contributed by atoms with Crippen LogP contribution in [0.1, 0.15) is 58.1 Å². The van der Waals surface area contributed by atoms with Gasteiger partial charge in [0, 0.05) is 18.6 Å². The highest BCUT2D eigenvalue weighted by Gasteiger charge is 2.18. The number of nitrogens with zero attached hydrogens (tertiary/aromatic N) is 1. The molecule has 0 bridgehead atoms. The Kier molecular flexibility index (Phi) is 5.83. The summed E-state index contributed by atoms with van der Waals surface area (Å²) in [6, 6.07) is 8.90. The van der Waals surface area contributed by atoms with Gasteiger partial charge in [0.15, 0.2) is 0 Å². The Morgan fingerprint density at radius 2 is 1.71 bits per heavy atom. The van der Waals surface area contributed by atoms with Crippen LogP contribution >= 0.6 is 0 Å². The summed E-state index contributed by atoms with van der Waals surface area (Å²) in [7, 11) is 0. The molecule has 0 atom stereocenters. The Morgan fingerprint density at radius 3 is 2.29 bits per heavy atom. The normalized spacial score (nSPS) is 18.1. The summed E-state index contributed by atoms with van der Waals surface area (Å²) in [5, 5.41) is 3.61. The maximum Gasteiger partial charge on any atom is 0.0236 e. The van der Waals surface area contributed by atoms with E-state index in [2.05, 4.69) is 62.2 Å². The Labute approximate surface area is 130 Å². The molecule has 2 nitrogen and oxygen atoms in total. The summed E-state index contributed by atoms with van der Waals surface area (Å²) in [4.78, 5) is 2.63. The zero-order valence-corrected chi connectivity index (χ0v) is 14.3. The summed E-state index contributed by atoms with van der Waals surface area (Å²) in [6.07, 6.45) is 4.09. The smallest absolute Gasteiger partial charge is 0.0236 e. The van der Waals surface area contributed by atoms with E-state index in [9.17, 15) is 0 Å². The molecule has 1 saturated heterocycles. The first-order valence-corrected chi connectivity index (χ1v) is 8.52. The van der Waals surface area contributed by atoms with Crippen molar-refractivity contribution >= 4 is 0 Å². The molecule has 118 valence electrons. The maximum absolute atomic E-state index is 3.61. The van der Waals surface area contributed by atoms with Gasteiger partial charge in [-0.3, -0.25) is 4.90 Å². The fourth-order valence-corrected chi connectivity index (χ4v) is 3.04. The highest BCUT2D eigenvalue weighted by molar-refractivity contribution is 5.27. The minimum atomic E-state index is 0.173. The molecule has 1 fully saturated rings. The van der Waals surface area contributed by atoms with Gasteiger partial charge in [-0.05, 0) is 63.7 Å². The lowest BCUT2D eigenvalue weighted by Gasteiger charge is -2.32. The number of likely N-dealkylation sites (tertiary alicyclic amines) is 1. The van der Waals surface area contributed by atoms with Gasteiger partial charge >= 0.3 is 0 Å². The molecule has 0 spiro atoms. The molecule has 2 rings (SSSR count). The molecule has 1 aromatic rings. The summed E-state index contributed by atoms with van der Waals surface area (Å²) >= 11 is 0. The molecule has 1 aliphatic heterocycles. The van der Waals surface area contributed by atoms with Crippen molar-refractivity contribution in [2.45, 2.75) is 65.6 Å². The SMILES string of the molecule is CCC1CCN(Cc2ccccc2CNC(C)(C)C)CC1. The molecule has 0 aromatic heterocycles. The number of rotatable bonds is 5. The molecular formula is C19H32N2. The predicted molar refractivity (Wildman–Crippen MR) is 91.3 cm³/mol. The molecule has 1 aromatic carbocycles. The third-order valence-corrected chi connectivity index (χ3v) is 4.61. The van der Waals surface area contributed by atoms with E-state index in [1.165, 1.54) is 43.5 Å². The second kappa shape index (κ2) is 7.42. The monoisotopic (exact) mass is 288 g/mol. The second-order valence-electron chi connectivity index (χ2n) is 7.50. The van der Waals surface area contributed by atoms with E-state index in [-0.39, 0.29) is 5.54 Å². The summed E-state index contributed by atoms with van der Waals surface area (Å²) < 4.78 is 0. The maximum atomic E-state index is 3.61.